The lowest BCUT2D eigenvalue weighted by atomic mass is 9.80. The van der Waals surface area contributed by atoms with Gasteiger partial charge < -0.3 is 14.9 Å². The van der Waals surface area contributed by atoms with Crippen molar-refractivity contribution >= 4 is 33.9 Å². The number of hydrogen-bond donors (Lipinski definition) is 3. The van der Waals surface area contributed by atoms with Crippen LogP contribution in [0.5, 0.6) is 0 Å². The molecule has 1 aliphatic rings. The van der Waals surface area contributed by atoms with Crippen LogP contribution in [-0.4, -0.2) is 52.9 Å². The van der Waals surface area contributed by atoms with Gasteiger partial charge in [-0.2, -0.15) is 5.10 Å². The zero-order valence-electron chi connectivity index (χ0n) is 20.7. The number of aromatic nitrogens is 5. The van der Waals surface area contributed by atoms with Gasteiger partial charge in [0.2, 0.25) is 0 Å². The highest BCUT2D eigenvalue weighted by Gasteiger charge is 2.48. The van der Waals surface area contributed by atoms with Crippen LogP contribution in [0.3, 0.4) is 0 Å². The second-order valence-electron chi connectivity index (χ2n) is 9.79. The van der Waals surface area contributed by atoms with Crippen molar-refractivity contribution in [1.82, 2.24) is 25.2 Å². The number of nitrogens with one attached hydrogen (secondary N) is 1. The average molecular weight is 530 g/mol. The molecule has 1 fully saturated rings. The van der Waals surface area contributed by atoms with E-state index in [4.69, 9.17) is 4.74 Å². The summed E-state index contributed by atoms with van der Waals surface area (Å²) < 4.78 is 21.9. The van der Waals surface area contributed by atoms with E-state index in [0.717, 1.165) is 24.8 Å². The van der Waals surface area contributed by atoms with Gasteiger partial charge in [-0.1, -0.05) is 42.0 Å². The van der Waals surface area contributed by atoms with Crippen LogP contribution in [0.1, 0.15) is 42.0 Å². The molecule has 11 heteroatoms. The normalized spacial score (nSPS) is 14.1. The third kappa shape index (κ3) is 4.30. The van der Waals surface area contributed by atoms with Crippen molar-refractivity contribution in [3.63, 3.8) is 0 Å². The van der Waals surface area contributed by atoms with E-state index in [0.29, 0.717) is 39.3 Å². The first kappa shape index (κ1) is 24.7. The first-order chi connectivity index (χ1) is 18.9. The van der Waals surface area contributed by atoms with Crippen LogP contribution in [0.2, 0.25) is 0 Å². The number of benzene rings is 3. The van der Waals surface area contributed by atoms with Crippen LogP contribution >= 0.6 is 0 Å². The Kier molecular flexibility index (Phi) is 6.07. The summed E-state index contributed by atoms with van der Waals surface area (Å²) >= 11 is 0. The molecule has 6 rings (SSSR count). The Hall–Kier alpha value is -4.64. The molecule has 5 aromatic rings. The number of aliphatic carboxylic acids is 2. The summed E-state index contributed by atoms with van der Waals surface area (Å²) in [5.41, 5.74) is 1.27. The number of carbonyl (C=O) groups is 2. The summed E-state index contributed by atoms with van der Waals surface area (Å²) in [5.74, 6) is -3.27. The Labute approximate surface area is 221 Å². The molecule has 198 valence electrons. The summed E-state index contributed by atoms with van der Waals surface area (Å²) in [6.45, 7) is -0.354. The van der Waals surface area contributed by atoms with Crippen molar-refractivity contribution in [3.05, 3.63) is 83.3 Å². The number of hydrogen-bond acceptors (Lipinski definition) is 6. The van der Waals surface area contributed by atoms with E-state index >= 15 is 0 Å². The zero-order valence-corrected chi connectivity index (χ0v) is 20.7. The Bertz CT molecular complexity index is 1700. The molecule has 39 heavy (non-hydrogen) atoms. The first-order valence-corrected chi connectivity index (χ1v) is 12.5. The van der Waals surface area contributed by atoms with Crippen LogP contribution in [0.4, 0.5) is 4.39 Å². The van der Waals surface area contributed by atoms with Crippen LogP contribution in [0, 0.1) is 5.82 Å². The molecule has 0 radical (unpaired) electrons. The lowest BCUT2D eigenvalue weighted by Crippen LogP contribution is -2.51. The third-order valence-corrected chi connectivity index (χ3v) is 7.42. The summed E-state index contributed by atoms with van der Waals surface area (Å²) in [6.07, 6.45) is 2.85. The SMILES string of the molecule is O=C(O)C(Cc1ccccc1)(OCc1n[nH]c2cc(-n3nnc4c(F)cc(C5CCC5)cc43)ccc12)C(=O)O. The van der Waals surface area contributed by atoms with Crippen LogP contribution in [-0.2, 0) is 27.4 Å². The number of fused-ring (bicyclic) bond motifs is 2. The zero-order chi connectivity index (χ0) is 27.1. The Morgan fingerprint density at radius 2 is 1.85 bits per heavy atom. The molecule has 2 heterocycles. The highest BCUT2D eigenvalue weighted by molar-refractivity contribution is 6.02. The molecule has 1 saturated carbocycles. The number of carboxylic acid groups (broad SMARTS) is 2. The molecule has 1 aliphatic carbocycles. The predicted molar refractivity (Wildman–Crippen MR) is 138 cm³/mol. The van der Waals surface area contributed by atoms with E-state index < -0.39 is 23.4 Å². The van der Waals surface area contributed by atoms with E-state index in [-0.39, 0.29) is 18.5 Å². The lowest BCUT2D eigenvalue weighted by Gasteiger charge is -2.25. The molecule has 3 N–H and O–H groups in total. The summed E-state index contributed by atoms with van der Waals surface area (Å²) in [7, 11) is 0. The smallest absolute Gasteiger partial charge is 0.348 e. The Morgan fingerprint density at radius 3 is 2.54 bits per heavy atom. The van der Waals surface area contributed by atoms with Gasteiger partial charge in [-0.3, -0.25) is 5.10 Å². The Balaban J connectivity index is 1.30. The van der Waals surface area contributed by atoms with Gasteiger partial charge in [-0.15, -0.1) is 5.10 Å². The van der Waals surface area contributed by atoms with Gasteiger partial charge in [0, 0.05) is 11.8 Å². The Morgan fingerprint density at radius 1 is 1.08 bits per heavy atom. The maximum absolute atomic E-state index is 14.8. The van der Waals surface area contributed by atoms with Crippen molar-refractivity contribution in [2.24, 2.45) is 0 Å². The first-order valence-electron chi connectivity index (χ1n) is 12.5. The second kappa shape index (κ2) is 9.59. The van der Waals surface area contributed by atoms with E-state index in [2.05, 4.69) is 20.5 Å². The minimum Gasteiger partial charge on any atom is -0.479 e. The standard InChI is InChI=1S/C28H24FN5O5/c29-21-11-18(17-7-4-8-17)12-24-25(21)32-33-34(24)19-9-10-20-22(13-19)30-31-23(20)15-39-28(26(35)36,27(37)38)14-16-5-2-1-3-6-16/h1-3,5-6,9-13,17H,4,7-8,14-15H2,(H,30,31)(H,35,36)(H,37,38). The van der Waals surface area contributed by atoms with E-state index in [9.17, 15) is 24.2 Å². The summed E-state index contributed by atoms with van der Waals surface area (Å²) in [6, 6.07) is 17.2. The summed E-state index contributed by atoms with van der Waals surface area (Å²) in [4.78, 5) is 24.2. The van der Waals surface area contributed by atoms with Gasteiger partial charge in [0.25, 0.3) is 5.60 Å². The van der Waals surface area contributed by atoms with E-state index in [1.807, 2.05) is 6.07 Å². The largest absolute Gasteiger partial charge is 0.479 e. The molecule has 0 saturated heterocycles. The van der Waals surface area contributed by atoms with Gasteiger partial charge in [-0.25, -0.2) is 18.7 Å². The van der Waals surface area contributed by atoms with Crippen LogP contribution < -0.4 is 0 Å². The van der Waals surface area contributed by atoms with Crippen LogP contribution in [0.25, 0.3) is 27.6 Å². The lowest BCUT2D eigenvalue weighted by molar-refractivity contribution is -0.185. The number of ether oxygens (including phenoxy) is 1. The fourth-order valence-corrected chi connectivity index (χ4v) is 4.97. The molecular formula is C28H24FN5O5. The number of halogens is 1. The highest BCUT2D eigenvalue weighted by Crippen LogP contribution is 2.38. The van der Waals surface area contributed by atoms with Gasteiger partial charge in [0.15, 0.2) is 5.82 Å². The van der Waals surface area contributed by atoms with Crippen molar-refractivity contribution in [2.75, 3.05) is 0 Å². The van der Waals surface area contributed by atoms with Gasteiger partial charge >= 0.3 is 11.9 Å². The quantitative estimate of drug-likeness (QED) is 0.239. The van der Waals surface area contributed by atoms with Crippen LogP contribution in [0.15, 0.2) is 60.7 Å². The average Bonchev–Trinajstić information content (AvgIpc) is 3.50. The highest BCUT2D eigenvalue weighted by atomic mass is 19.1. The molecule has 0 aliphatic heterocycles. The van der Waals surface area contributed by atoms with Crippen molar-refractivity contribution in [1.29, 1.82) is 0 Å². The molecule has 3 aromatic carbocycles. The van der Waals surface area contributed by atoms with Gasteiger partial charge in [-0.05, 0) is 60.2 Å². The number of carboxylic acids is 2. The fourth-order valence-electron chi connectivity index (χ4n) is 4.97. The number of rotatable bonds is 9. The maximum Gasteiger partial charge on any atom is 0.348 e. The minimum absolute atomic E-state index is 0.189. The third-order valence-electron chi connectivity index (χ3n) is 7.42. The monoisotopic (exact) mass is 529 g/mol. The van der Waals surface area contributed by atoms with E-state index in [1.54, 1.807) is 59.3 Å². The molecule has 0 spiro atoms. The fraction of sp³-hybridized carbons (Fsp3) is 0.250. The van der Waals surface area contributed by atoms with Crippen molar-refractivity contribution in [3.8, 4) is 5.69 Å². The predicted octanol–water partition coefficient (Wildman–Crippen LogP) is 4.37. The molecule has 0 atom stereocenters. The minimum atomic E-state index is -2.49. The van der Waals surface area contributed by atoms with E-state index in [1.165, 1.54) is 0 Å². The van der Waals surface area contributed by atoms with Crippen molar-refractivity contribution < 1.29 is 28.9 Å². The molecule has 2 aromatic heterocycles. The van der Waals surface area contributed by atoms with Gasteiger partial charge in [0.1, 0.15) is 5.52 Å². The number of aromatic amines is 1. The van der Waals surface area contributed by atoms with Gasteiger partial charge in [0.05, 0.1) is 29.0 Å². The molecule has 0 bridgehead atoms. The summed E-state index contributed by atoms with van der Waals surface area (Å²) in [5, 5.41) is 35.6. The number of H-pyrrole nitrogens is 1. The maximum atomic E-state index is 14.8. The molecule has 0 unspecified atom stereocenters. The topological polar surface area (TPSA) is 143 Å². The second-order valence-corrected chi connectivity index (χ2v) is 9.79. The van der Waals surface area contributed by atoms with Crippen molar-refractivity contribution in [2.45, 2.75) is 43.8 Å². The molecular weight excluding hydrogens is 505 g/mol. The number of nitrogens with zero attached hydrogens (tertiary/aromatic N) is 4. The molecule has 10 nitrogen and oxygen atoms in total. The molecule has 0 amide bonds.